The highest BCUT2D eigenvalue weighted by atomic mass is 32.2. The van der Waals surface area contributed by atoms with Crippen LogP contribution in [-0.4, -0.2) is 22.4 Å². The maximum Gasteiger partial charge on any atom is 0.258 e. The van der Waals surface area contributed by atoms with Crippen LogP contribution in [0.4, 0.5) is 0 Å². The molecule has 0 atom stereocenters. The molecule has 0 N–H and O–H groups in total. The van der Waals surface area contributed by atoms with Gasteiger partial charge in [-0.1, -0.05) is 73.5 Å². The molecular formula is C29H32N2O2S. The number of hydrogen-bond donors (Lipinski definition) is 0. The van der Waals surface area contributed by atoms with Crippen LogP contribution in [0.2, 0.25) is 0 Å². The molecule has 3 aromatic rings. The molecule has 4 nitrogen and oxygen atoms in total. The summed E-state index contributed by atoms with van der Waals surface area (Å²) in [5.41, 5.74) is 5.63. The minimum absolute atomic E-state index is 0.0821. The quantitative estimate of drug-likeness (QED) is 0.233. The number of ether oxygens (including phenoxy) is 1. The van der Waals surface area contributed by atoms with Gasteiger partial charge in [-0.3, -0.25) is 9.36 Å². The Balaban J connectivity index is 1.54. The largest absolute Gasteiger partial charge is 0.497 e. The molecule has 1 spiro atoms. The third-order valence-electron chi connectivity index (χ3n) is 7.37. The highest BCUT2D eigenvalue weighted by Gasteiger charge is 2.43. The lowest BCUT2D eigenvalue weighted by Gasteiger charge is -2.42. The smallest absolute Gasteiger partial charge is 0.258 e. The normalized spacial score (nSPS) is 16.0. The number of aromatic nitrogens is 2. The van der Waals surface area contributed by atoms with Crippen LogP contribution in [0.25, 0.3) is 11.3 Å². The lowest BCUT2D eigenvalue weighted by atomic mass is 9.62. The van der Waals surface area contributed by atoms with Gasteiger partial charge < -0.3 is 4.74 Å². The standard InChI is InChI=1S/C29H32N2O2S/c1-3-18-31-27(32)25-26(30-28(31)34-19-15-21-11-13-23(33-2)14-12-21)24-10-6-5-9-22(24)20-29(25)16-7-4-8-17-29/h3,5-6,9-14H,1,4,7-8,15-20H2,2H3. The number of thioether (sulfide) groups is 1. The SMILES string of the molecule is C=CCn1c(SCCc2ccc(OC)cc2)nc2c(c1=O)C1(CCCCC1)Cc1ccccc1-2. The van der Waals surface area contributed by atoms with E-state index in [0.29, 0.717) is 6.54 Å². The number of aryl methyl sites for hydroxylation is 1. The number of benzene rings is 2. The van der Waals surface area contributed by atoms with E-state index in [9.17, 15) is 4.79 Å². The summed E-state index contributed by atoms with van der Waals surface area (Å²) in [7, 11) is 1.68. The molecular weight excluding hydrogens is 440 g/mol. The predicted molar refractivity (Wildman–Crippen MR) is 140 cm³/mol. The Labute approximate surface area is 206 Å². The molecule has 2 aromatic carbocycles. The van der Waals surface area contributed by atoms with Crippen LogP contribution in [0.3, 0.4) is 0 Å². The zero-order valence-corrected chi connectivity index (χ0v) is 20.7. The number of allylic oxidation sites excluding steroid dienone is 1. The Morgan fingerprint density at radius 1 is 1.12 bits per heavy atom. The van der Waals surface area contributed by atoms with Crippen LogP contribution in [0, 0.1) is 0 Å². The van der Waals surface area contributed by atoms with E-state index in [2.05, 4.69) is 43.0 Å². The second-order valence-corrected chi connectivity index (χ2v) is 10.5. The van der Waals surface area contributed by atoms with Crippen LogP contribution >= 0.6 is 11.8 Å². The first-order chi connectivity index (χ1) is 16.6. The molecule has 0 unspecified atom stereocenters. The molecule has 176 valence electrons. The van der Waals surface area contributed by atoms with Gasteiger partial charge in [0.25, 0.3) is 5.56 Å². The molecule has 5 rings (SSSR count). The van der Waals surface area contributed by atoms with Crippen molar-refractivity contribution in [3.63, 3.8) is 0 Å². The van der Waals surface area contributed by atoms with Gasteiger partial charge in [-0.2, -0.15) is 0 Å². The summed E-state index contributed by atoms with van der Waals surface area (Å²) in [6.45, 7) is 4.41. The van der Waals surface area contributed by atoms with E-state index in [4.69, 9.17) is 9.72 Å². The number of rotatable bonds is 7. The molecule has 1 aromatic heterocycles. The summed E-state index contributed by atoms with van der Waals surface area (Å²) < 4.78 is 7.12. The van der Waals surface area contributed by atoms with Crippen LogP contribution in [-0.2, 0) is 24.8 Å². The lowest BCUT2D eigenvalue weighted by Crippen LogP contribution is -2.43. The molecule has 1 saturated carbocycles. The maximum absolute atomic E-state index is 14.1. The van der Waals surface area contributed by atoms with Gasteiger partial charge in [0.1, 0.15) is 5.75 Å². The summed E-state index contributed by atoms with van der Waals surface area (Å²) in [4.78, 5) is 19.3. The lowest BCUT2D eigenvalue weighted by molar-refractivity contribution is 0.282. The van der Waals surface area contributed by atoms with Crippen LogP contribution in [0.1, 0.15) is 48.8 Å². The van der Waals surface area contributed by atoms with Gasteiger partial charge in [0.05, 0.1) is 18.4 Å². The van der Waals surface area contributed by atoms with Crippen LogP contribution in [0.15, 0.2) is 71.1 Å². The molecule has 1 fully saturated rings. The van der Waals surface area contributed by atoms with Crippen molar-refractivity contribution >= 4 is 11.8 Å². The molecule has 0 saturated heterocycles. The Kier molecular flexibility index (Phi) is 6.64. The van der Waals surface area contributed by atoms with Crippen LogP contribution < -0.4 is 10.3 Å². The Morgan fingerprint density at radius 3 is 2.62 bits per heavy atom. The molecule has 0 bridgehead atoms. The highest BCUT2D eigenvalue weighted by molar-refractivity contribution is 7.99. The molecule has 1 heterocycles. The van der Waals surface area contributed by atoms with E-state index < -0.39 is 0 Å². The summed E-state index contributed by atoms with van der Waals surface area (Å²) in [6.07, 6.45) is 9.43. The van der Waals surface area contributed by atoms with Crippen molar-refractivity contribution in [2.75, 3.05) is 12.9 Å². The fourth-order valence-corrected chi connectivity index (χ4v) is 6.66. The first-order valence-corrected chi connectivity index (χ1v) is 13.2. The van der Waals surface area contributed by atoms with Crippen molar-refractivity contribution in [2.45, 2.75) is 62.1 Å². The average molecular weight is 473 g/mol. The average Bonchev–Trinajstić information content (AvgIpc) is 2.87. The zero-order valence-electron chi connectivity index (χ0n) is 19.9. The second-order valence-electron chi connectivity index (χ2n) is 9.44. The second kappa shape index (κ2) is 9.83. The molecule has 5 heteroatoms. The van der Waals surface area contributed by atoms with Gasteiger partial charge in [-0.15, -0.1) is 6.58 Å². The molecule has 2 aliphatic rings. The highest BCUT2D eigenvalue weighted by Crippen LogP contribution is 2.48. The maximum atomic E-state index is 14.1. The number of fused-ring (bicyclic) bond motifs is 4. The van der Waals surface area contributed by atoms with Crippen molar-refractivity contribution in [3.05, 3.63) is 88.2 Å². The Hall–Kier alpha value is -2.79. The zero-order chi connectivity index (χ0) is 23.5. The predicted octanol–water partition coefficient (Wildman–Crippen LogP) is 6.20. The summed E-state index contributed by atoms with van der Waals surface area (Å²) in [6, 6.07) is 16.7. The van der Waals surface area contributed by atoms with Crippen molar-refractivity contribution < 1.29 is 4.74 Å². The summed E-state index contributed by atoms with van der Waals surface area (Å²) in [5, 5.41) is 0.792. The Morgan fingerprint density at radius 2 is 1.88 bits per heavy atom. The Bertz CT molecular complexity index is 1240. The van der Waals surface area contributed by atoms with E-state index in [1.807, 2.05) is 22.8 Å². The topological polar surface area (TPSA) is 44.1 Å². The van der Waals surface area contributed by atoms with E-state index >= 15 is 0 Å². The molecule has 2 aliphatic carbocycles. The number of methoxy groups -OCH3 is 1. The van der Waals surface area contributed by atoms with Gasteiger partial charge in [0, 0.05) is 23.3 Å². The first kappa shape index (κ1) is 23.0. The van der Waals surface area contributed by atoms with Gasteiger partial charge in [-0.25, -0.2) is 4.98 Å². The fraction of sp³-hybridized carbons (Fsp3) is 0.379. The molecule has 0 aliphatic heterocycles. The van der Waals surface area contributed by atoms with Crippen molar-refractivity contribution in [3.8, 4) is 17.0 Å². The van der Waals surface area contributed by atoms with E-state index in [1.54, 1.807) is 18.9 Å². The fourth-order valence-electron chi connectivity index (χ4n) is 5.67. The third kappa shape index (κ3) is 4.22. The number of hydrogen-bond acceptors (Lipinski definition) is 4. The summed E-state index contributed by atoms with van der Waals surface area (Å²) >= 11 is 1.66. The van der Waals surface area contributed by atoms with Gasteiger partial charge in [0.15, 0.2) is 5.16 Å². The molecule has 0 amide bonds. The minimum Gasteiger partial charge on any atom is -0.497 e. The van der Waals surface area contributed by atoms with E-state index in [1.165, 1.54) is 30.4 Å². The number of nitrogens with zero attached hydrogens (tertiary/aromatic N) is 2. The molecule has 34 heavy (non-hydrogen) atoms. The van der Waals surface area contributed by atoms with Crippen LogP contribution in [0.5, 0.6) is 5.75 Å². The summed E-state index contributed by atoms with van der Waals surface area (Å²) in [5.74, 6) is 1.71. The van der Waals surface area contributed by atoms with E-state index in [-0.39, 0.29) is 11.0 Å². The van der Waals surface area contributed by atoms with E-state index in [0.717, 1.165) is 59.2 Å². The van der Waals surface area contributed by atoms with Crippen molar-refractivity contribution in [2.24, 2.45) is 0 Å². The van der Waals surface area contributed by atoms with Gasteiger partial charge in [0.2, 0.25) is 0 Å². The van der Waals surface area contributed by atoms with Gasteiger partial charge >= 0.3 is 0 Å². The molecule has 0 radical (unpaired) electrons. The monoisotopic (exact) mass is 472 g/mol. The third-order valence-corrected chi connectivity index (χ3v) is 8.35. The van der Waals surface area contributed by atoms with Crippen molar-refractivity contribution in [1.29, 1.82) is 0 Å². The van der Waals surface area contributed by atoms with Gasteiger partial charge in [-0.05, 0) is 48.9 Å². The first-order valence-electron chi connectivity index (χ1n) is 12.3. The van der Waals surface area contributed by atoms with Crippen molar-refractivity contribution in [1.82, 2.24) is 9.55 Å². The minimum atomic E-state index is -0.0821.